The van der Waals surface area contributed by atoms with Crippen LogP contribution in [0.25, 0.3) is 0 Å². The van der Waals surface area contributed by atoms with E-state index in [1.807, 2.05) is 0 Å². The predicted molar refractivity (Wildman–Crippen MR) is 58.1 cm³/mol. The van der Waals surface area contributed by atoms with Gasteiger partial charge in [-0.2, -0.15) is 9.97 Å². The molecule has 0 spiro atoms. The number of aliphatic hydroxyl groups is 1. The Kier molecular flexibility index (Phi) is 4.84. The lowest BCUT2D eigenvalue weighted by atomic mass is 9.97. The first-order valence-electron chi connectivity index (χ1n) is 4.80. The summed E-state index contributed by atoms with van der Waals surface area (Å²) in [4.78, 5) is 43.3. The first-order chi connectivity index (χ1) is 8.83. The molecule has 0 saturated heterocycles. The molecule has 10 heteroatoms. The lowest BCUT2D eigenvalue weighted by Crippen LogP contribution is -2.41. The number of hydrogen-bond donors (Lipinski definition) is 2. The topological polar surface area (TPSA) is 140 Å². The lowest BCUT2D eigenvalue weighted by Gasteiger charge is -2.20. The summed E-state index contributed by atoms with van der Waals surface area (Å²) in [6.45, 7) is 0. The van der Waals surface area contributed by atoms with Crippen LogP contribution in [0.15, 0.2) is 12.7 Å². The predicted octanol–water partition coefficient (Wildman–Crippen LogP) is -0.862. The third-order valence-electron chi connectivity index (χ3n) is 1.92. The van der Waals surface area contributed by atoms with Crippen LogP contribution in [0, 0.1) is 0 Å². The molecule has 0 radical (unpaired) electrons. The van der Waals surface area contributed by atoms with Crippen LogP contribution in [-0.4, -0.2) is 47.9 Å². The number of carbonyl (C=O) groups is 3. The lowest BCUT2D eigenvalue weighted by molar-refractivity contribution is -0.153. The Morgan fingerprint density at radius 3 is 2.32 bits per heavy atom. The highest BCUT2D eigenvalue weighted by molar-refractivity contribution is 6.65. The number of aliphatic carboxylic acids is 1. The van der Waals surface area contributed by atoms with Crippen molar-refractivity contribution in [3.05, 3.63) is 12.7 Å². The molecule has 0 aliphatic rings. The van der Waals surface area contributed by atoms with Crippen molar-refractivity contribution in [1.82, 2.24) is 15.0 Å². The molecule has 0 amide bonds. The van der Waals surface area contributed by atoms with Crippen molar-refractivity contribution in [3.8, 4) is 6.01 Å². The molecule has 19 heavy (non-hydrogen) atoms. The van der Waals surface area contributed by atoms with Gasteiger partial charge in [-0.05, 0) is 11.6 Å². The van der Waals surface area contributed by atoms with Gasteiger partial charge < -0.3 is 14.9 Å². The molecule has 1 aromatic rings. The maximum Gasteiger partial charge on any atom is 0.327 e. The number of esters is 1. The van der Waals surface area contributed by atoms with E-state index in [1.165, 1.54) is 0 Å². The van der Waals surface area contributed by atoms with Crippen molar-refractivity contribution in [2.45, 2.75) is 18.4 Å². The van der Waals surface area contributed by atoms with Crippen LogP contribution in [0.1, 0.15) is 12.8 Å². The Morgan fingerprint density at radius 1 is 1.26 bits per heavy atom. The van der Waals surface area contributed by atoms with Gasteiger partial charge in [0, 0.05) is 0 Å². The second-order valence-corrected chi connectivity index (χ2v) is 3.79. The highest BCUT2D eigenvalue weighted by Crippen LogP contribution is 2.20. The first-order valence-corrected chi connectivity index (χ1v) is 5.18. The number of hydrogen-bond acceptors (Lipinski definition) is 8. The molecular weight excluding hydrogens is 282 g/mol. The smallest absolute Gasteiger partial charge is 0.327 e. The van der Waals surface area contributed by atoms with E-state index in [0.717, 1.165) is 12.7 Å². The van der Waals surface area contributed by atoms with Crippen LogP contribution in [0.2, 0.25) is 0 Å². The maximum atomic E-state index is 11.4. The fraction of sp³-hybridized carbons (Fsp3) is 0.333. The van der Waals surface area contributed by atoms with Gasteiger partial charge in [-0.1, -0.05) is 0 Å². The van der Waals surface area contributed by atoms with Crippen molar-refractivity contribution in [3.63, 3.8) is 0 Å². The molecule has 1 atom stereocenters. The highest BCUT2D eigenvalue weighted by atomic mass is 35.5. The SMILES string of the molecule is O=C(O)CC(O)(CC(=O)Oc1ncncn1)C(=O)Cl. The molecule has 0 aromatic carbocycles. The number of nitrogens with zero attached hydrogens (tertiary/aromatic N) is 3. The van der Waals surface area contributed by atoms with Gasteiger partial charge in [-0.25, -0.2) is 4.98 Å². The third kappa shape index (κ3) is 4.56. The van der Waals surface area contributed by atoms with E-state index in [9.17, 15) is 19.5 Å². The summed E-state index contributed by atoms with van der Waals surface area (Å²) in [5, 5.41) is 16.9. The van der Waals surface area contributed by atoms with Crippen LogP contribution in [-0.2, 0) is 14.4 Å². The summed E-state index contributed by atoms with van der Waals surface area (Å²) >= 11 is 5.07. The Labute approximate surface area is 111 Å². The number of halogens is 1. The fourth-order valence-electron chi connectivity index (χ4n) is 1.11. The van der Waals surface area contributed by atoms with E-state index in [1.54, 1.807) is 0 Å². The summed E-state index contributed by atoms with van der Waals surface area (Å²) in [6, 6.07) is -0.348. The zero-order chi connectivity index (χ0) is 14.5. The van der Waals surface area contributed by atoms with Crippen molar-refractivity contribution in [2.75, 3.05) is 0 Å². The third-order valence-corrected chi connectivity index (χ3v) is 2.27. The van der Waals surface area contributed by atoms with Gasteiger partial charge in [0.05, 0.1) is 12.8 Å². The summed E-state index contributed by atoms with van der Waals surface area (Å²) in [6.07, 6.45) is 0.159. The number of carbonyl (C=O) groups excluding carboxylic acids is 2. The minimum atomic E-state index is -2.54. The Morgan fingerprint density at radius 2 is 1.84 bits per heavy atom. The van der Waals surface area contributed by atoms with Crippen LogP contribution in [0.3, 0.4) is 0 Å². The first kappa shape index (κ1) is 14.9. The molecule has 1 unspecified atom stereocenters. The maximum absolute atomic E-state index is 11.4. The Balaban J connectivity index is 2.72. The van der Waals surface area contributed by atoms with Crippen LogP contribution in [0.4, 0.5) is 0 Å². The van der Waals surface area contributed by atoms with Crippen molar-refractivity contribution in [1.29, 1.82) is 0 Å². The van der Waals surface area contributed by atoms with E-state index >= 15 is 0 Å². The van der Waals surface area contributed by atoms with Gasteiger partial charge in [-0.15, -0.1) is 0 Å². The summed E-state index contributed by atoms with van der Waals surface area (Å²) in [5.74, 6) is -2.60. The molecule has 1 heterocycles. The molecule has 9 nitrogen and oxygen atoms in total. The van der Waals surface area contributed by atoms with Gasteiger partial charge >= 0.3 is 17.9 Å². The van der Waals surface area contributed by atoms with Crippen molar-refractivity contribution in [2.24, 2.45) is 0 Å². The standard InChI is InChI=1S/C9H8ClN3O6/c10-7(17)9(18,1-5(14)15)2-6(16)19-8-12-3-11-4-13-8/h3-4,18H,1-2H2,(H,14,15). The van der Waals surface area contributed by atoms with E-state index in [0.29, 0.717) is 0 Å². The normalized spacial score (nSPS) is 13.4. The number of carboxylic acid groups (broad SMARTS) is 1. The molecule has 102 valence electrons. The highest BCUT2D eigenvalue weighted by Gasteiger charge is 2.40. The number of ether oxygens (including phenoxy) is 1. The van der Waals surface area contributed by atoms with Gasteiger partial charge in [0.25, 0.3) is 5.24 Å². The number of rotatable bonds is 6. The zero-order valence-corrected chi connectivity index (χ0v) is 10.1. The molecule has 0 aliphatic heterocycles. The van der Waals surface area contributed by atoms with Gasteiger partial charge in [0.15, 0.2) is 5.60 Å². The second kappa shape index (κ2) is 6.16. The average Bonchev–Trinajstić information content (AvgIpc) is 2.28. The molecule has 0 aliphatic carbocycles. The Bertz CT molecular complexity index is 496. The summed E-state index contributed by atoms with van der Waals surface area (Å²) < 4.78 is 4.58. The monoisotopic (exact) mass is 289 g/mol. The van der Waals surface area contributed by atoms with Gasteiger partial charge in [0.1, 0.15) is 12.7 Å². The summed E-state index contributed by atoms with van der Waals surface area (Å²) in [7, 11) is 0. The fourth-order valence-corrected chi connectivity index (χ4v) is 1.24. The van der Waals surface area contributed by atoms with Crippen LogP contribution < -0.4 is 4.74 Å². The van der Waals surface area contributed by atoms with Crippen LogP contribution >= 0.6 is 11.6 Å². The molecule has 2 N–H and O–H groups in total. The Hall–Kier alpha value is -2.13. The molecule has 0 saturated carbocycles. The van der Waals surface area contributed by atoms with E-state index in [2.05, 4.69) is 19.7 Å². The quantitative estimate of drug-likeness (QED) is 0.505. The molecular formula is C9H8ClN3O6. The minimum absolute atomic E-state index is 0.348. The molecule has 1 aromatic heterocycles. The second-order valence-electron chi connectivity index (χ2n) is 3.45. The summed E-state index contributed by atoms with van der Waals surface area (Å²) in [5.41, 5.74) is -2.54. The van der Waals surface area contributed by atoms with Crippen molar-refractivity contribution < 1.29 is 29.3 Å². The van der Waals surface area contributed by atoms with E-state index < -0.39 is 35.6 Å². The average molecular weight is 290 g/mol. The van der Waals surface area contributed by atoms with Gasteiger partial charge in [-0.3, -0.25) is 14.4 Å². The van der Waals surface area contributed by atoms with Gasteiger partial charge in [0.2, 0.25) is 0 Å². The zero-order valence-electron chi connectivity index (χ0n) is 9.32. The number of carboxylic acids is 1. The minimum Gasteiger partial charge on any atom is -0.481 e. The molecule has 0 fully saturated rings. The largest absolute Gasteiger partial charge is 0.481 e. The van der Waals surface area contributed by atoms with Crippen molar-refractivity contribution >= 4 is 28.8 Å². The van der Waals surface area contributed by atoms with E-state index in [-0.39, 0.29) is 6.01 Å². The van der Waals surface area contributed by atoms with Crippen LogP contribution in [0.5, 0.6) is 6.01 Å². The van der Waals surface area contributed by atoms with E-state index in [4.69, 9.17) is 16.7 Å². The number of aromatic nitrogens is 3. The molecule has 1 rings (SSSR count). The molecule has 0 bridgehead atoms.